The van der Waals surface area contributed by atoms with Crippen LogP contribution in [0.5, 0.6) is 0 Å². The highest BCUT2D eigenvalue weighted by atomic mass is 16.1. The van der Waals surface area contributed by atoms with Crippen LogP contribution in [0.4, 0.5) is 0 Å². The fraction of sp³-hybridized carbons (Fsp3) is 0.833. The Morgan fingerprint density at radius 2 is 2.00 bits per heavy atom. The topological polar surface area (TPSA) is 71.5 Å². The van der Waals surface area contributed by atoms with Crippen molar-refractivity contribution in [3.05, 3.63) is 17.5 Å². The van der Waals surface area contributed by atoms with E-state index in [1.807, 2.05) is 0 Å². The van der Waals surface area contributed by atoms with Crippen molar-refractivity contribution in [2.75, 3.05) is 0 Å². The quantitative estimate of drug-likeness (QED) is 0.734. The van der Waals surface area contributed by atoms with E-state index in [0.29, 0.717) is 28.4 Å². The molecule has 29 heavy (non-hydrogen) atoms. The number of aryl methyl sites for hydroxylation is 1. The molecule has 0 amide bonds. The summed E-state index contributed by atoms with van der Waals surface area (Å²) in [5, 5.41) is 14.6. The second-order valence-corrected chi connectivity index (χ2v) is 11.1. The van der Waals surface area contributed by atoms with Crippen molar-refractivity contribution in [2.45, 2.75) is 85.0 Å². The van der Waals surface area contributed by atoms with Gasteiger partial charge < -0.3 is 0 Å². The molecule has 158 valence electrons. The first-order valence-corrected chi connectivity index (χ1v) is 11.9. The summed E-state index contributed by atoms with van der Waals surface area (Å²) in [4.78, 5) is 12.1. The van der Waals surface area contributed by atoms with Gasteiger partial charge in [-0.25, -0.2) is 0 Å². The number of H-pyrrole nitrogens is 1. The zero-order chi connectivity index (χ0) is 20.2. The maximum Gasteiger partial charge on any atom is 0.174 e. The van der Waals surface area contributed by atoms with Crippen LogP contribution in [0.15, 0.2) is 11.6 Å². The monoisotopic (exact) mass is 396 g/mol. The minimum Gasteiger partial charge on any atom is -0.300 e. The normalized spacial score (nSPS) is 42.6. The molecule has 1 N–H and O–H groups in total. The molecule has 4 aliphatic carbocycles. The molecule has 7 atom stereocenters. The Morgan fingerprint density at radius 1 is 1.17 bits per heavy atom. The SMILES string of the molecule is C[C@H](CCc1nn[nH]n1)[C@H]1CC[C@H]2C3=CC[C@H]4CC(=O)CC[C@]4(C)C3CC[C@]12C. The van der Waals surface area contributed by atoms with Crippen LogP contribution in [0.2, 0.25) is 0 Å². The van der Waals surface area contributed by atoms with Gasteiger partial charge in [0.25, 0.3) is 0 Å². The van der Waals surface area contributed by atoms with E-state index >= 15 is 0 Å². The van der Waals surface area contributed by atoms with Crippen molar-refractivity contribution in [1.29, 1.82) is 0 Å². The number of carbonyl (C=O) groups is 1. The zero-order valence-corrected chi connectivity index (χ0v) is 18.3. The molecule has 5 nitrogen and oxygen atoms in total. The first kappa shape index (κ1) is 19.4. The Hall–Kier alpha value is -1.52. The molecule has 0 radical (unpaired) electrons. The summed E-state index contributed by atoms with van der Waals surface area (Å²) in [6.07, 6.45) is 14.0. The highest BCUT2D eigenvalue weighted by Crippen LogP contribution is 2.66. The number of ketones is 1. The third-order valence-corrected chi connectivity index (χ3v) is 9.87. The lowest BCUT2D eigenvalue weighted by Gasteiger charge is -2.57. The molecule has 5 rings (SSSR count). The van der Waals surface area contributed by atoms with E-state index < -0.39 is 0 Å². The molecule has 0 spiro atoms. The van der Waals surface area contributed by atoms with Crippen molar-refractivity contribution < 1.29 is 4.79 Å². The summed E-state index contributed by atoms with van der Waals surface area (Å²) < 4.78 is 0. The first-order chi connectivity index (χ1) is 13.9. The maximum atomic E-state index is 12.1. The highest BCUT2D eigenvalue weighted by Gasteiger charge is 2.58. The Bertz CT molecular complexity index is 802. The largest absolute Gasteiger partial charge is 0.300 e. The number of aromatic amines is 1. The van der Waals surface area contributed by atoms with Crippen LogP contribution in [0.25, 0.3) is 0 Å². The summed E-state index contributed by atoms with van der Waals surface area (Å²) in [6.45, 7) is 7.56. The van der Waals surface area contributed by atoms with Gasteiger partial charge in [-0.3, -0.25) is 4.79 Å². The van der Waals surface area contributed by atoms with Gasteiger partial charge in [0.05, 0.1) is 0 Å². The van der Waals surface area contributed by atoms with Gasteiger partial charge in [0, 0.05) is 19.3 Å². The van der Waals surface area contributed by atoms with Crippen molar-refractivity contribution in [2.24, 2.45) is 40.4 Å². The average Bonchev–Trinajstić information content (AvgIpc) is 3.34. The third-order valence-electron chi connectivity index (χ3n) is 9.87. The van der Waals surface area contributed by atoms with E-state index in [9.17, 15) is 4.79 Å². The van der Waals surface area contributed by atoms with Crippen LogP contribution in [0.3, 0.4) is 0 Å². The van der Waals surface area contributed by atoms with E-state index in [1.165, 1.54) is 25.7 Å². The second-order valence-electron chi connectivity index (χ2n) is 11.1. The minimum absolute atomic E-state index is 0.363. The predicted molar refractivity (Wildman–Crippen MR) is 112 cm³/mol. The van der Waals surface area contributed by atoms with Crippen LogP contribution in [-0.4, -0.2) is 26.4 Å². The number of fused-ring (bicyclic) bond motifs is 5. The molecule has 0 aliphatic heterocycles. The molecule has 4 aliphatic rings. The lowest BCUT2D eigenvalue weighted by atomic mass is 9.47. The number of allylic oxidation sites excluding steroid dienone is 2. The summed E-state index contributed by atoms with van der Waals surface area (Å²) in [6, 6.07) is 0. The van der Waals surface area contributed by atoms with Crippen LogP contribution in [0, 0.1) is 40.4 Å². The fourth-order valence-corrected chi connectivity index (χ4v) is 8.12. The first-order valence-electron chi connectivity index (χ1n) is 11.9. The molecule has 0 aromatic carbocycles. The van der Waals surface area contributed by atoms with Gasteiger partial charge in [-0.05, 0) is 85.4 Å². The van der Waals surface area contributed by atoms with Crippen LogP contribution in [-0.2, 0) is 11.2 Å². The molecule has 0 saturated heterocycles. The Morgan fingerprint density at radius 3 is 2.79 bits per heavy atom. The van der Waals surface area contributed by atoms with Crippen molar-refractivity contribution in [3.8, 4) is 0 Å². The van der Waals surface area contributed by atoms with Gasteiger partial charge in [-0.1, -0.05) is 37.6 Å². The zero-order valence-electron chi connectivity index (χ0n) is 18.3. The Balaban J connectivity index is 1.34. The smallest absolute Gasteiger partial charge is 0.174 e. The number of hydrogen-bond acceptors (Lipinski definition) is 4. The maximum absolute atomic E-state index is 12.1. The molecule has 1 aromatic rings. The number of rotatable bonds is 4. The molecule has 1 unspecified atom stereocenters. The average molecular weight is 397 g/mol. The number of nitrogens with zero attached hydrogens (tertiary/aromatic N) is 3. The highest BCUT2D eigenvalue weighted by molar-refractivity contribution is 5.79. The lowest BCUT2D eigenvalue weighted by Crippen LogP contribution is -2.49. The van der Waals surface area contributed by atoms with Gasteiger partial charge in [0.1, 0.15) is 5.78 Å². The molecule has 1 heterocycles. The lowest BCUT2D eigenvalue weighted by molar-refractivity contribution is -0.127. The molecular formula is C24H36N4O. The van der Waals surface area contributed by atoms with E-state index in [0.717, 1.165) is 62.1 Å². The van der Waals surface area contributed by atoms with Crippen molar-refractivity contribution >= 4 is 5.78 Å². The Labute approximate surface area is 174 Å². The van der Waals surface area contributed by atoms with E-state index in [-0.39, 0.29) is 0 Å². The predicted octanol–water partition coefficient (Wildman–Crippen LogP) is 4.92. The molecule has 5 heteroatoms. The molecule has 3 saturated carbocycles. The van der Waals surface area contributed by atoms with E-state index in [4.69, 9.17) is 0 Å². The number of hydrogen-bond donors (Lipinski definition) is 1. The van der Waals surface area contributed by atoms with E-state index in [1.54, 1.807) is 5.57 Å². The summed E-state index contributed by atoms with van der Waals surface area (Å²) in [5.41, 5.74) is 2.59. The summed E-state index contributed by atoms with van der Waals surface area (Å²) in [5.74, 6) is 4.91. The summed E-state index contributed by atoms with van der Waals surface area (Å²) in [7, 11) is 0. The van der Waals surface area contributed by atoms with Crippen molar-refractivity contribution in [3.63, 3.8) is 0 Å². The van der Waals surface area contributed by atoms with Gasteiger partial charge in [-0.15, -0.1) is 10.2 Å². The third kappa shape index (κ3) is 3.02. The molecule has 1 aromatic heterocycles. The van der Waals surface area contributed by atoms with Gasteiger partial charge in [0.2, 0.25) is 0 Å². The number of tetrazole rings is 1. The molecule has 0 bridgehead atoms. The van der Waals surface area contributed by atoms with Crippen LogP contribution in [0.1, 0.15) is 84.4 Å². The second kappa shape index (κ2) is 7.02. The van der Waals surface area contributed by atoms with Crippen LogP contribution < -0.4 is 0 Å². The van der Waals surface area contributed by atoms with Gasteiger partial charge in [0.15, 0.2) is 5.82 Å². The number of Topliss-reactive ketones (excluding diaryl/α,β-unsaturated/α-hetero) is 1. The molecular weight excluding hydrogens is 360 g/mol. The number of nitrogens with one attached hydrogen (secondary N) is 1. The standard InChI is InChI=1S/C24H36N4O/c1-15(4-9-22-25-27-28-26-22)19-7-8-20-18-6-5-16-14-17(29)10-12-23(16,2)21(18)11-13-24(19,20)3/h6,15-16,19-21H,4-5,7-14H2,1-3H3,(H,25,26,27,28)/t15-,16+,19-,20+,21?,23+,24-/m1/s1. The van der Waals surface area contributed by atoms with Gasteiger partial charge in [-0.2, -0.15) is 5.21 Å². The summed E-state index contributed by atoms with van der Waals surface area (Å²) >= 11 is 0. The fourth-order valence-electron chi connectivity index (χ4n) is 8.12. The van der Waals surface area contributed by atoms with Crippen molar-refractivity contribution in [1.82, 2.24) is 20.6 Å². The van der Waals surface area contributed by atoms with Gasteiger partial charge >= 0.3 is 0 Å². The minimum atomic E-state index is 0.363. The van der Waals surface area contributed by atoms with Crippen LogP contribution >= 0.6 is 0 Å². The Kier molecular flexibility index (Phi) is 4.71. The number of carbonyl (C=O) groups excluding carboxylic acids is 1. The number of aromatic nitrogens is 4. The van der Waals surface area contributed by atoms with E-state index in [2.05, 4.69) is 47.5 Å². The molecule has 3 fully saturated rings.